The average Bonchev–Trinajstić information content (AvgIpc) is 2.76. The lowest BCUT2D eigenvalue weighted by molar-refractivity contribution is 0.186. The highest BCUT2D eigenvalue weighted by Gasteiger charge is 2.12. The zero-order valence-corrected chi connectivity index (χ0v) is 17.8. The van der Waals surface area contributed by atoms with Crippen LogP contribution in [0.4, 0.5) is 4.39 Å². The quantitative estimate of drug-likeness (QED) is 0.406. The molecule has 0 spiro atoms. The number of benzene rings is 2. The Morgan fingerprint density at radius 3 is 2.23 bits per heavy atom. The molecule has 2 unspecified atom stereocenters. The number of nitrogens with zero attached hydrogens (tertiary/aromatic N) is 1. The number of ether oxygens (including phenoxy) is 3. The van der Waals surface area contributed by atoms with Gasteiger partial charge < -0.3 is 30.0 Å². The summed E-state index contributed by atoms with van der Waals surface area (Å²) in [7, 11) is 3.12. The van der Waals surface area contributed by atoms with E-state index in [4.69, 9.17) is 14.2 Å². The Morgan fingerprint density at radius 1 is 1.03 bits per heavy atom. The highest BCUT2D eigenvalue weighted by atomic mass is 19.1. The van der Waals surface area contributed by atoms with Crippen molar-refractivity contribution in [3.8, 4) is 17.2 Å². The zero-order valence-electron chi connectivity index (χ0n) is 17.8. The van der Waals surface area contributed by atoms with Gasteiger partial charge in [-0.05, 0) is 55.8 Å². The van der Waals surface area contributed by atoms with Crippen molar-refractivity contribution in [2.24, 2.45) is 4.99 Å². The molecular formula is C22H30FN3O4. The fourth-order valence-electron chi connectivity index (χ4n) is 2.67. The van der Waals surface area contributed by atoms with Gasteiger partial charge in [0.1, 0.15) is 29.2 Å². The first-order valence-electron chi connectivity index (χ1n) is 9.80. The van der Waals surface area contributed by atoms with Crippen molar-refractivity contribution < 1.29 is 23.7 Å². The number of halogens is 1. The monoisotopic (exact) mass is 419 g/mol. The Bertz CT molecular complexity index is 792. The molecule has 2 aromatic rings. The lowest BCUT2D eigenvalue weighted by Gasteiger charge is -2.18. The maximum absolute atomic E-state index is 13.0. The second kappa shape index (κ2) is 11.9. The minimum atomic E-state index is -0.822. The van der Waals surface area contributed by atoms with Crippen molar-refractivity contribution >= 4 is 5.96 Å². The van der Waals surface area contributed by atoms with E-state index in [-0.39, 0.29) is 18.5 Å². The molecule has 0 amide bonds. The van der Waals surface area contributed by atoms with E-state index in [1.807, 2.05) is 13.8 Å². The molecule has 164 valence electrons. The Morgan fingerprint density at radius 2 is 1.67 bits per heavy atom. The maximum Gasteiger partial charge on any atom is 0.191 e. The van der Waals surface area contributed by atoms with Crippen molar-refractivity contribution in [1.82, 2.24) is 10.6 Å². The average molecular weight is 419 g/mol. The van der Waals surface area contributed by atoms with E-state index < -0.39 is 6.10 Å². The van der Waals surface area contributed by atoms with Gasteiger partial charge in [-0.2, -0.15) is 0 Å². The van der Waals surface area contributed by atoms with E-state index >= 15 is 0 Å². The Labute approximate surface area is 176 Å². The lowest BCUT2D eigenvalue weighted by atomic mass is 10.1. The van der Waals surface area contributed by atoms with Crippen molar-refractivity contribution in [2.75, 3.05) is 33.9 Å². The number of hydrogen-bond donors (Lipinski definition) is 3. The summed E-state index contributed by atoms with van der Waals surface area (Å²) in [5, 5.41) is 16.9. The van der Waals surface area contributed by atoms with E-state index in [1.165, 1.54) is 12.1 Å². The molecule has 8 heteroatoms. The first kappa shape index (κ1) is 23.3. The van der Waals surface area contributed by atoms with Gasteiger partial charge >= 0.3 is 0 Å². The molecule has 0 fully saturated rings. The summed E-state index contributed by atoms with van der Waals surface area (Å²) in [4.78, 5) is 4.45. The van der Waals surface area contributed by atoms with Crippen LogP contribution in [0.25, 0.3) is 0 Å². The molecule has 0 aromatic heterocycles. The SMILES string of the molecule is CCNC(=NCC(O)c1cc(OC)cc(OC)c1)NCC(C)Oc1ccc(F)cc1. The second-order valence-electron chi connectivity index (χ2n) is 6.64. The molecule has 0 saturated carbocycles. The number of aliphatic hydroxyl groups is 1. The molecule has 0 saturated heterocycles. The number of guanidine groups is 1. The fraction of sp³-hybridized carbons (Fsp3) is 0.409. The second-order valence-corrected chi connectivity index (χ2v) is 6.64. The van der Waals surface area contributed by atoms with Gasteiger partial charge in [0.05, 0.1) is 33.4 Å². The summed E-state index contributed by atoms with van der Waals surface area (Å²) < 4.78 is 29.2. The van der Waals surface area contributed by atoms with Crippen LogP contribution in [0.3, 0.4) is 0 Å². The first-order chi connectivity index (χ1) is 14.4. The molecule has 3 N–H and O–H groups in total. The predicted octanol–water partition coefficient (Wildman–Crippen LogP) is 2.90. The van der Waals surface area contributed by atoms with E-state index in [2.05, 4.69) is 15.6 Å². The standard InChI is InChI=1S/C22H30FN3O4/c1-5-24-22(25-13-15(2)30-18-8-6-17(23)7-9-18)26-14-21(27)16-10-19(28-3)12-20(11-16)29-4/h6-12,15,21,27H,5,13-14H2,1-4H3,(H2,24,25,26). The van der Waals surface area contributed by atoms with Crippen molar-refractivity contribution in [2.45, 2.75) is 26.1 Å². The third-order valence-corrected chi connectivity index (χ3v) is 4.23. The van der Waals surface area contributed by atoms with Gasteiger partial charge in [0.15, 0.2) is 5.96 Å². The molecule has 0 heterocycles. The summed E-state index contributed by atoms with van der Waals surface area (Å²) >= 11 is 0. The maximum atomic E-state index is 13.0. The predicted molar refractivity (Wildman–Crippen MR) is 115 cm³/mol. The van der Waals surface area contributed by atoms with Crippen LogP contribution in [0, 0.1) is 5.82 Å². The third-order valence-electron chi connectivity index (χ3n) is 4.23. The van der Waals surface area contributed by atoms with Crippen LogP contribution >= 0.6 is 0 Å². The molecule has 2 atom stereocenters. The van der Waals surface area contributed by atoms with Gasteiger partial charge in [-0.15, -0.1) is 0 Å². The molecule has 2 aromatic carbocycles. The fourth-order valence-corrected chi connectivity index (χ4v) is 2.67. The minimum absolute atomic E-state index is 0.152. The van der Waals surface area contributed by atoms with E-state index in [1.54, 1.807) is 44.6 Å². The largest absolute Gasteiger partial charge is 0.497 e. The van der Waals surface area contributed by atoms with Gasteiger partial charge in [-0.25, -0.2) is 4.39 Å². The smallest absolute Gasteiger partial charge is 0.191 e. The number of rotatable bonds is 10. The van der Waals surface area contributed by atoms with Crippen LogP contribution in [0.1, 0.15) is 25.5 Å². The Hall–Kier alpha value is -3.00. The van der Waals surface area contributed by atoms with Crippen LogP contribution < -0.4 is 24.8 Å². The topological polar surface area (TPSA) is 84.3 Å². The van der Waals surface area contributed by atoms with Gasteiger partial charge in [0, 0.05) is 12.6 Å². The van der Waals surface area contributed by atoms with E-state index in [0.717, 1.165) is 0 Å². The number of aliphatic imine (C=N–C) groups is 1. The van der Waals surface area contributed by atoms with Crippen LogP contribution in [0.5, 0.6) is 17.2 Å². The highest BCUT2D eigenvalue weighted by Crippen LogP contribution is 2.26. The summed E-state index contributed by atoms with van der Waals surface area (Å²) in [6.45, 7) is 5.16. The molecular weight excluding hydrogens is 389 g/mol. The van der Waals surface area contributed by atoms with Gasteiger partial charge in [-0.1, -0.05) is 0 Å². The first-order valence-corrected chi connectivity index (χ1v) is 9.80. The molecule has 2 rings (SSSR count). The van der Waals surface area contributed by atoms with Crippen LogP contribution in [0.2, 0.25) is 0 Å². The number of nitrogens with one attached hydrogen (secondary N) is 2. The van der Waals surface area contributed by atoms with Crippen LogP contribution in [-0.2, 0) is 0 Å². The molecule has 0 aliphatic heterocycles. The number of methoxy groups -OCH3 is 2. The van der Waals surface area contributed by atoms with E-state index in [0.29, 0.717) is 41.9 Å². The minimum Gasteiger partial charge on any atom is -0.497 e. The van der Waals surface area contributed by atoms with Crippen molar-refractivity contribution in [1.29, 1.82) is 0 Å². The molecule has 0 aliphatic carbocycles. The third kappa shape index (κ3) is 7.44. The van der Waals surface area contributed by atoms with Crippen LogP contribution in [-0.4, -0.2) is 51.0 Å². The molecule has 30 heavy (non-hydrogen) atoms. The number of aliphatic hydroxyl groups excluding tert-OH is 1. The summed E-state index contributed by atoms with van der Waals surface area (Å²) in [5.74, 6) is 2.05. The lowest BCUT2D eigenvalue weighted by Crippen LogP contribution is -2.42. The van der Waals surface area contributed by atoms with Crippen molar-refractivity contribution in [3.05, 3.63) is 53.8 Å². The van der Waals surface area contributed by atoms with E-state index in [9.17, 15) is 9.50 Å². The molecule has 0 aliphatic rings. The summed E-state index contributed by atoms with van der Waals surface area (Å²) in [6, 6.07) is 11.1. The molecule has 0 radical (unpaired) electrons. The Balaban J connectivity index is 1.95. The highest BCUT2D eigenvalue weighted by molar-refractivity contribution is 5.79. The number of hydrogen-bond acceptors (Lipinski definition) is 5. The van der Waals surface area contributed by atoms with Gasteiger partial charge in [0.25, 0.3) is 0 Å². The van der Waals surface area contributed by atoms with Crippen molar-refractivity contribution in [3.63, 3.8) is 0 Å². The van der Waals surface area contributed by atoms with Gasteiger partial charge in [0.2, 0.25) is 0 Å². The zero-order chi connectivity index (χ0) is 21.9. The molecule has 7 nitrogen and oxygen atoms in total. The Kier molecular flexibility index (Phi) is 9.21. The summed E-state index contributed by atoms with van der Waals surface area (Å²) in [5.41, 5.74) is 0.652. The normalized spacial score (nSPS) is 13.3. The summed E-state index contributed by atoms with van der Waals surface area (Å²) in [6.07, 6.45) is -0.996. The van der Waals surface area contributed by atoms with Crippen LogP contribution in [0.15, 0.2) is 47.5 Å². The van der Waals surface area contributed by atoms with Gasteiger partial charge in [-0.3, -0.25) is 4.99 Å². The molecule has 0 bridgehead atoms.